The molecule has 0 amide bonds. The number of thiocarbonyl (C=S) groups is 1. The lowest BCUT2D eigenvalue weighted by atomic mass is 10.1. The lowest BCUT2D eigenvalue weighted by molar-refractivity contribution is 0.332. The van der Waals surface area contributed by atoms with Gasteiger partial charge in [-0.15, -0.1) is 0 Å². The SMILES string of the molecule is COc1ccc(CN(C(=S)Nc2cccc(C)c2)[C@@H]2CCS(=O)(=O)C2)cc1. The molecule has 1 atom stereocenters. The van der Waals surface area contributed by atoms with Gasteiger partial charge in [-0.2, -0.15) is 0 Å². The first-order chi connectivity index (χ1) is 12.9. The molecule has 0 aromatic heterocycles. The normalized spacial score (nSPS) is 18.1. The highest BCUT2D eigenvalue weighted by molar-refractivity contribution is 7.91. The van der Waals surface area contributed by atoms with Gasteiger partial charge in [0.15, 0.2) is 14.9 Å². The van der Waals surface area contributed by atoms with Crippen LogP contribution in [-0.4, -0.2) is 43.1 Å². The number of rotatable bonds is 5. The Balaban J connectivity index is 1.81. The molecule has 27 heavy (non-hydrogen) atoms. The fourth-order valence-corrected chi connectivity index (χ4v) is 5.30. The van der Waals surface area contributed by atoms with Gasteiger partial charge in [0.2, 0.25) is 0 Å². The van der Waals surface area contributed by atoms with Crippen LogP contribution in [0.1, 0.15) is 17.5 Å². The highest BCUT2D eigenvalue weighted by Gasteiger charge is 2.33. The molecule has 2 aromatic rings. The Bertz CT molecular complexity index is 911. The van der Waals surface area contributed by atoms with E-state index in [2.05, 4.69) is 5.32 Å². The number of ether oxygens (including phenoxy) is 1. The molecule has 1 heterocycles. The van der Waals surface area contributed by atoms with Crippen molar-refractivity contribution in [1.82, 2.24) is 4.90 Å². The van der Waals surface area contributed by atoms with E-state index < -0.39 is 9.84 Å². The first-order valence-electron chi connectivity index (χ1n) is 8.84. The lowest BCUT2D eigenvalue weighted by Gasteiger charge is -2.31. The lowest BCUT2D eigenvalue weighted by Crippen LogP contribution is -2.43. The minimum Gasteiger partial charge on any atom is -0.497 e. The summed E-state index contributed by atoms with van der Waals surface area (Å²) in [5, 5.41) is 3.81. The topological polar surface area (TPSA) is 58.6 Å². The minimum absolute atomic E-state index is 0.123. The third-order valence-electron chi connectivity index (χ3n) is 4.69. The highest BCUT2D eigenvalue weighted by atomic mass is 32.2. The molecular formula is C20H24N2O3S2. The van der Waals surface area contributed by atoms with E-state index in [1.54, 1.807) is 7.11 Å². The van der Waals surface area contributed by atoms with E-state index in [1.165, 1.54) is 0 Å². The molecule has 0 unspecified atom stereocenters. The second-order valence-electron chi connectivity index (χ2n) is 6.83. The van der Waals surface area contributed by atoms with Crippen molar-refractivity contribution in [3.05, 3.63) is 59.7 Å². The van der Waals surface area contributed by atoms with E-state index in [4.69, 9.17) is 17.0 Å². The molecule has 2 aromatic carbocycles. The van der Waals surface area contributed by atoms with E-state index in [-0.39, 0.29) is 17.5 Å². The predicted octanol–water partition coefficient (Wildman–Crippen LogP) is 3.39. The summed E-state index contributed by atoms with van der Waals surface area (Å²) in [6.45, 7) is 2.56. The summed E-state index contributed by atoms with van der Waals surface area (Å²) in [5.41, 5.74) is 3.09. The quantitative estimate of drug-likeness (QED) is 0.771. The standard InChI is InChI=1S/C20H24N2O3S2/c1-15-4-3-5-17(12-15)21-20(26)22(18-10-11-27(23,24)14-18)13-16-6-8-19(25-2)9-7-16/h3-9,12,18H,10-11,13-14H2,1-2H3,(H,21,26)/t18-/m1/s1. The van der Waals surface area contributed by atoms with Crippen LogP contribution in [0.25, 0.3) is 0 Å². The number of anilines is 1. The van der Waals surface area contributed by atoms with Gasteiger partial charge in [-0.1, -0.05) is 24.3 Å². The van der Waals surface area contributed by atoms with Crippen molar-refractivity contribution < 1.29 is 13.2 Å². The molecule has 1 aliphatic rings. The average molecular weight is 405 g/mol. The van der Waals surface area contributed by atoms with Crippen molar-refractivity contribution in [3.63, 3.8) is 0 Å². The molecule has 7 heteroatoms. The van der Waals surface area contributed by atoms with E-state index in [0.29, 0.717) is 18.1 Å². The Hall–Kier alpha value is -2.12. The fraction of sp³-hybridized carbons (Fsp3) is 0.350. The van der Waals surface area contributed by atoms with Crippen molar-refractivity contribution in [1.29, 1.82) is 0 Å². The van der Waals surface area contributed by atoms with Crippen LogP contribution in [0, 0.1) is 6.92 Å². The van der Waals surface area contributed by atoms with Crippen LogP contribution < -0.4 is 10.1 Å². The van der Waals surface area contributed by atoms with Gasteiger partial charge in [-0.25, -0.2) is 8.42 Å². The van der Waals surface area contributed by atoms with Gasteiger partial charge in [0.1, 0.15) is 5.75 Å². The third-order valence-corrected chi connectivity index (χ3v) is 6.78. The number of hydrogen-bond acceptors (Lipinski definition) is 4. The van der Waals surface area contributed by atoms with E-state index >= 15 is 0 Å². The van der Waals surface area contributed by atoms with Crippen molar-refractivity contribution in [3.8, 4) is 5.75 Å². The van der Waals surface area contributed by atoms with Gasteiger partial charge in [0.25, 0.3) is 0 Å². The van der Waals surface area contributed by atoms with Crippen molar-refractivity contribution >= 4 is 32.9 Å². The summed E-state index contributed by atoms with van der Waals surface area (Å²) in [7, 11) is -1.38. The van der Waals surface area contributed by atoms with E-state index in [9.17, 15) is 8.42 Å². The van der Waals surface area contributed by atoms with Crippen LogP contribution in [0.15, 0.2) is 48.5 Å². The molecule has 1 saturated heterocycles. The van der Waals surface area contributed by atoms with Gasteiger partial charge in [0, 0.05) is 18.3 Å². The smallest absolute Gasteiger partial charge is 0.174 e. The molecule has 0 spiro atoms. The molecule has 0 bridgehead atoms. The molecule has 0 saturated carbocycles. The third kappa shape index (κ3) is 5.20. The molecule has 1 aliphatic heterocycles. The first kappa shape index (κ1) is 19.6. The van der Waals surface area contributed by atoms with Gasteiger partial charge >= 0.3 is 0 Å². The van der Waals surface area contributed by atoms with E-state index in [1.807, 2.05) is 60.4 Å². The highest BCUT2D eigenvalue weighted by Crippen LogP contribution is 2.23. The summed E-state index contributed by atoms with van der Waals surface area (Å²) < 4.78 is 29.2. The van der Waals surface area contributed by atoms with Crippen molar-refractivity contribution in [2.45, 2.75) is 25.9 Å². The maximum atomic E-state index is 12.0. The number of sulfone groups is 1. The molecule has 0 radical (unpaired) electrons. The largest absolute Gasteiger partial charge is 0.497 e. The molecule has 3 rings (SSSR count). The number of methoxy groups -OCH3 is 1. The molecule has 1 N–H and O–H groups in total. The Kier molecular flexibility index (Phi) is 6.01. The van der Waals surface area contributed by atoms with Crippen LogP contribution in [-0.2, 0) is 16.4 Å². The number of aryl methyl sites for hydroxylation is 1. The number of benzene rings is 2. The zero-order valence-electron chi connectivity index (χ0n) is 15.5. The molecule has 144 valence electrons. The second-order valence-corrected chi connectivity index (χ2v) is 9.45. The van der Waals surface area contributed by atoms with Crippen LogP contribution in [0.5, 0.6) is 5.75 Å². The van der Waals surface area contributed by atoms with Crippen LogP contribution in [0.4, 0.5) is 5.69 Å². The molecule has 0 aliphatic carbocycles. The summed E-state index contributed by atoms with van der Waals surface area (Å²) in [6.07, 6.45) is 0.591. The molecule has 5 nitrogen and oxygen atoms in total. The van der Waals surface area contributed by atoms with Gasteiger partial charge in [0.05, 0.1) is 18.6 Å². The average Bonchev–Trinajstić information content (AvgIpc) is 2.99. The molecule has 1 fully saturated rings. The Labute approximate surface area is 166 Å². The van der Waals surface area contributed by atoms with E-state index in [0.717, 1.165) is 22.6 Å². The fourth-order valence-electron chi connectivity index (χ4n) is 3.23. The van der Waals surface area contributed by atoms with Crippen molar-refractivity contribution in [2.24, 2.45) is 0 Å². The zero-order chi connectivity index (χ0) is 19.4. The zero-order valence-corrected chi connectivity index (χ0v) is 17.1. The second kappa shape index (κ2) is 8.27. The number of hydrogen-bond donors (Lipinski definition) is 1. The number of nitrogens with one attached hydrogen (secondary N) is 1. The maximum Gasteiger partial charge on any atom is 0.174 e. The number of nitrogens with zero attached hydrogens (tertiary/aromatic N) is 1. The summed E-state index contributed by atoms with van der Waals surface area (Å²) in [4.78, 5) is 1.99. The van der Waals surface area contributed by atoms with Crippen LogP contribution in [0.3, 0.4) is 0 Å². The summed E-state index contributed by atoms with van der Waals surface area (Å²) >= 11 is 5.66. The minimum atomic E-state index is -3.01. The summed E-state index contributed by atoms with van der Waals surface area (Å²) in [6, 6.07) is 15.6. The van der Waals surface area contributed by atoms with Gasteiger partial charge in [-0.3, -0.25) is 0 Å². The van der Waals surface area contributed by atoms with Gasteiger partial charge in [-0.05, 0) is 61.0 Å². The summed E-state index contributed by atoms with van der Waals surface area (Å²) in [5.74, 6) is 1.14. The maximum absolute atomic E-state index is 12.0. The van der Waals surface area contributed by atoms with Crippen molar-refractivity contribution in [2.75, 3.05) is 23.9 Å². The Morgan fingerprint density at radius 1 is 1.26 bits per heavy atom. The van der Waals surface area contributed by atoms with Gasteiger partial charge < -0.3 is 15.0 Å². The Morgan fingerprint density at radius 2 is 2.00 bits per heavy atom. The predicted molar refractivity (Wildman–Crippen MR) is 113 cm³/mol. The van der Waals surface area contributed by atoms with Crippen LogP contribution >= 0.6 is 12.2 Å². The first-order valence-corrected chi connectivity index (χ1v) is 11.1. The molecular weight excluding hydrogens is 380 g/mol. The Morgan fingerprint density at radius 3 is 2.59 bits per heavy atom. The van der Waals surface area contributed by atoms with Crippen LogP contribution in [0.2, 0.25) is 0 Å². The monoisotopic (exact) mass is 404 g/mol.